The van der Waals surface area contributed by atoms with Gasteiger partial charge in [0, 0.05) is 7.11 Å². The fourth-order valence-corrected chi connectivity index (χ4v) is 1.74. The molecule has 0 saturated carbocycles. The van der Waals surface area contributed by atoms with Gasteiger partial charge in [0.05, 0.1) is 11.5 Å². The summed E-state index contributed by atoms with van der Waals surface area (Å²) in [6, 6.07) is 0. The summed E-state index contributed by atoms with van der Waals surface area (Å²) in [5.41, 5.74) is -0.654. The van der Waals surface area contributed by atoms with Gasteiger partial charge in [0.25, 0.3) is 0 Å². The van der Waals surface area contributed by atoms with Crippen LogP contribution < -0.4 is 0 Å². The Morgan fingerprint density at radius 3 is 2.22 bits per heavy atom. The van der Waals surface area contributed by atoms with Crippen LogP contribution in [0.3, 0.4) is 0 Å². The highest BCUT2D eigenvalue weighted by atomic mass is 16.7. The lowest BCUT2D eigenvalue weighted by molar-refractivity contribution is -0.287. The standard InChI is InChI=1S/C12H22O6/c1-6-8(18-11(15)12(2,3)4)9(16-5)7(13)10(14)17-6/h6-10,13-14H,1-5H3/t6-,7+,8-,9-,10+/m0/s1. The molecule has 0 spiro atoms. The molecule has 0 aromatic rings. The maximum atomic E-state index is 11.9. The molecule has 0 radical (unpaired) electrons. The summed E-state index contributed by atoms with van der Waals surface area (Å²) < 4.78 is 15.5. The Balaban J connectivity index is 2.81. The van der Waals surface area contributed by atoms with Crippen LogP contribution in [0.2, 0.25) is 0 Å². The minimum absolute atomic E-state index is 0.409. The number of carbonyl (C=O) groups is 1. The largest absolute Gasteiger partial charge is 0.456 e. The van der Waals surface area contributed by atoms with E-state index < -0.39 is 42.1 Å². The van der Waals surface area contributed by atoms with Gasteiger partial charge < -0.3 is 24.4 Å². The van der Waals surface area contributed by atoms with Crippen molar-refractivity contribution < 1.29 is 29.2 Å². The summed E-state index contributed by atoms with van der Waals surface area (Å²) >= 11 is 0. The first-order chi connectivity index (χ1) is 8.18. The topological polar surface area (TPSA) is 85.2 Å². The summed E-state index contributed by atoms with van der Waals surface area (Å²) in [6.07, 6.45) is -4.70. The average Bonchev–Trinajstić information content (AvgIpc) is 2.24. The Kier molecular flexibility index (Phi) is 4.72. The average molecular weight is 262 g/mol. The van der Waals surface area contributed by atoms with E-state index in [2.05, 4.69) is 0 Å². The van der Waals surface area contributed by atoms with Crippen molar-refractivity contribution in [2.75, 3.05) is 7.11 Å². The number of rotatable bonds is 2. The Hall–Kier alpha value is -0.690. The van der Waals surface area contributed by atoms with Crippen LogP contribution in [0.1, 0.15) is 27.7 Å². The van der Waals surface area contributed by atoms with E-state index in [1.807, 2.05) is 0 Å². The van der Waals surface area contributed by atoms with Gasteiger partial charge in [0.1, 0.15) is 12.2 Å². The van der Waals surface area contributed by atoms with Crippen LogP contribution in [0.25, 0.3) is 0 Å². The molecule has 1 aliphatic rings. The van der Waals surface area contributed by atoms with E-state index in [1.54, 1.807) is 27.7 Å². The molecule has 0 aliphatic carbocycles. The third-order valence-corrected chi connectivity index (χ3v) is 2.90. The van der Waals surface area contributed by atoms with E-state index in [-0.39, 0.29) is 0 Å². The molecule has 1 aliphatic heterocycles. The summed E-state index contributed by atoms with van der Waals surface area (Å²) in [7, 11) is 1.39. The first-order valence-corrected chi connectivity index (χ1v) is 5.94. The van der Waals surface area contributed by atoms with Crippen LogP contribution >= 0.6 is 0 Å². The summed E-state index contributed by atoms with van der Waals surface area (Å²) in [6.45, 7) is 6.85. The molecule has 5 atom stereocenters. The minimum atomic E-state index is -1.34. The molecule has 0 aromatic heterocycles. The quantitative estimate of drug-likeness (QED) is 0.684. The third-order valence-electron chi connectivity index (χ3n) is 2.90. The second-order valence-corrected chi connectivity index (χ2v) is 5.54. The summed E-state index contributed by atoms with van der Waals surface area (Å²) in [4.78, 5) is 11.9. The fraction of sp³-hybridized carbons (Fsp3) is 0.917. The van der Waals surface area contributed by atoms with E-state index in [0.29, 0.717) is 0 Å². The van der Waals surface area contributed by atoms with E-state index in [0.717, 1.165) is 0 Å². The number of aliphatic hydroxyl groups is 2. The van der Waals surface area contributed by atoms with Crippen LogP contribution in [0.4, 0.5) is 0 Å². The maximum Gasteiger partial charge on any atom is 0.311 e. The van der Waals surface area contributed by atoms with Crippen molar-refractivity contribution in [3.63, 3.8) is 0 Å². The molecule has 6 nitrogen and oxygen atoms in total. The van der Waals surface area contributed by atoms with E-state index >= 15 is 0 Å². The normalized spacial score (nSPS) is 37.4. The Morgan fingerprint density at radius 1 is 1.22 bits per heavy atom. The van der Waals surface area contributed by atoms with E-state index in [9.17, 15) is 15.0 Å². The van der Waals surface area contributed by atoms with Gasteiger partial charge in [-0.1, -0.05) is 0 Å². The Morgan fingerprint density at radius 2 is 1.78 bits per heavy atom. The molecular formula is C12H22O6. The molecule has 1 saturated heterocycles. The molecule has 1 rings (SSSR count). The maximum absolute atomic E-state index is 11.9. The highest BCUT2D eigenvalue weighted by Gasteiger charge is 2.46. The first-order valence-electron chi connectivity index (χ1n) is 5.94. The van der Waals surface area contributed by atoms with E-state index in [4.69, 9.17) is 14.2 Å². The first kappa shape index (κ1) is 15.4. The number of hydrogen-bond acceptors (Lipinski definition) is 6. The predicted molar refractivity (Wildman–Crippen MR) is 62.7 cm³/mol. The molecule has 1 heterocycles. The van der Waals surface area contributed by atoms with Gasteiger partial charge in [0.15, 0.2) is 12.4 Å². The second kappa shape index (κ2) is 5.52. The summed E-state index contributed by atoms with van der Waals surface area (Å²) in [5, 5.41) is 19.2. The van der Waals surface area contributed by atoms with Crippen molar-refractivity contribution >= 4 is 5.97 Å². The Bertz CT molecular complexity index is 297. The fourth-order valence-electron chi connectivity index (χ4n) is 1.74. The lowest BCUT2D eigenvalue weighted by atomic mass is 9.95. The summed E-state index contributed by atoms with van der Waals surface area (Å²) in [5.74, 6) is -0.409. The van der Waals surface area contributed by atoms with Crippen molar-refractivity contribution in [1.82, 2.24) is 0 Å². The molecule has 106 valence electrons. The van der Waals surface area contributed by atoms with Crippen LogP contribution in [0.5, 0.6) is 0 Å². The van der Waals surface area contributed by atoms with Gasteiger partial charge in [-0.05, 0) is 27.7 Å². The lowest BCUT2D eigenvalue weighted by Crippen LogP contribution is -2.59. The zero-order valence-electron chi connectivity index (χ0n) is 11.4. The van der Waals surface area contributed by atoms with Crippen molar-refractivity contribution in [3.8, 4) is 0 Å². The monoisotopic (exact) mass is 262 g/mol. The molecule has 0 unspecified atom stereocenters. The van der Waals surface area contributed by atoms with Crippen molar-refractivity contribution in [1.29, 1.82) is 0 Å². The number of ether oxygens (including phenoxy) is 3. The molecule has 2 N–H and O–H groups in total. The van der Waals surface area contributed by atoms with Crippen LogP contribution in [0, 0.1) is 5.41 Å². The second-order valence-electron chi connectivity index (χ2n) is 5.54. The third kappa shape index (κ3) is 3.20. The molecular weight excluding hydrogens is 240 g/mol. The van der Waals surface area contributed by atoms with Gasteiger partial charge in [-0.25, -0.2) is 0 Å². The molecule has 18 heavy (non-hydrogen) atoms. The van der Waals surface area contributed by atoms with Crippen molar-refractivity contribution in [3.05, 3.63) is 0 Å². The number of methoxy groups -OCH3 is 1. The zero-order valence-corrected chi connectivity index (χ0v) is 11.4. The number of esters is 1. The molecule has 6 heteroatoms. The number of hydrogen-bond donors (Lipinski definition) is 2. The Labute approximate surface area is 107 Å². The SMILES string of the molecule is CO[C@H]1[C@@H](O)[C@H](O)O[C@@H](C)[C@@H]1OC(=O)C(C)(C)C. The van der Waals surface area contributed by atoms with E-state index in [1.165, 1.54) is 7.11 Å². The molecule has 0 bridgehead atoms. The molecule has 0 amide bonds. The highest BCUT2D eigenvalue weighted by molar-refractivity contribution is 5.75. The number of aliphatic hydroxyl groups excluding tert-OH is 2. The van der Waals surface area contributed by atoms with Gasteiger partial charge in [0.2, 0.25) is 0 Å². The van der Waals surface area contributed by atoms with Gasteiger partial charge >= 0.3 is 5.97 Å². The molecule has 1 fully saturated rings. The smallest absolute Gasteiger partial charge is 0.311 e. The predicted octanol–water partition coefficient (Wildman–Crippen LogP) is 0.0573. The number of carbonyl (C=O) groups excluding carboxylic acids is 1. The minimum Gasteiger partial charge on any atom is -0.456 e. The zero-order chi connectivity index (χ0) is 14.1. The van der Waals surface area contributed by atoms with Gasteiger partial charge in [-0.2, -0.15) is 0 Å². The van der Waals surface area contributed by atoms with Crippen molar-refractivity contribution in [2.45, 2.75) is 58.4 Å². The van der Waals surface area contributed by atoms with Crippen molar-refractivity contribution in [2.24, 2.45) is 5.41 Å². The molecule has 0 aromatic carbocycles. The van der Waals surface area contributed by atoms with Crippen LogP contribution in [-0.2, 0) is 19.0 Å². The van der Waals surface area contributed by atoms with Crippen LogP contribution in [0.15, 0.2) is 0 Å². The lowest BCUT2D eigenvalue weighted by Gasteiger charge is -2.41. The van der Waals surface area contributed by atoms with Gasteiger partial charge in [-0.15, -0.1) is 0 Å². The van der Waals surface area contributed by atoms with Crippen LogP contribution in [-0.4, -0.2) is 54.0 Å². The van der Waals surface area contributed by atoms with Gasteiger partial charge in [-0.3, -0.25) is 4.79 Å². The highest BCUT2D eigenvalue weighted by Crippen LogP contribution is 2.27.